The van der Waals surface area contributed by atoms with Crippen LogP contribution in [0.25, 0.3) is 0 Å². The van der Waals surface area contributed by atoms with E-state index >= 15 is 0 Å². The van der Waals surface area contributed by atoms with Gasteiger partial charge < -0.3 is 33.8 Å². The monoisotopic (exact) mass is 1170 g/mol. The van der Waals surface area contributed by atoms with Crippen LogP contribution in [0.1, 0.15) is 292 Å². The number of rotatable bonds is 59. The van der Waals surface area contributed by atoms with Crippen molar-refractivity contribution in [1.82, 2.24) is 0 Å². The minimum Gasteiger partial charge on any atom is -0.462 e. The van der Waals surface area contributed by atoms with E-state index in [9.17, 15) is 43.2 Å². The summed E-state index contributed by atoms with van der Waals surface area (Å²) in [6.45, 7) is 9.33. The standard InChI is InChI=1S/C60H116O17P2/c1-7-9-11-13-14-25-32-38-44-59(64)76-55(48-70-57(62)42-36-28-12-10-8-2)50-74-78(66,67)72-46-54(61)47-73-79(68,69)75-51-56(49-71-58(63)43-37-31-26-22-18-20-24-30-35-41-53(5)6)77-60(65)45-39-33-27-21-17-15-16-19-23-29-34-40-52(3)4/h52-56,61H,7-51H2,1-6H3,(H,66,67)(H,68,69)/t54-,55+,56+/m0/s1. The zero-order chi connectivity index (χ0) is 58.7. The van der Waals surface area contributed by atoms with E-state index in [0.29, 0.717) is 25.7 Å². The Labute approximate surface area is 479 Å². The molecule has 0 spiro atoms. The van der Waals surface area contributed by atoms with Gasteiger partial charge >= 0.3 is 39.5 Å². The molecule has 0 saturated heterocycles. The van der Waals surface area contributed by atoms with E-state index in [1.807, 2.05) is 0 Å². The summed E-state index contributed by atoms with van der Waals surface area (Å²) >= 11 is 0. The lowest BCUT2D eigenvalue weighted by atomic mass is 10.0. The Morgan fingerprint density at radius 3 is 0.861 bits per heavy atom. The van der Waals surface area contributed by atoms with Gasteiger partial charge in [0.2, 0.25) is 0 Å². The molecule has 468 valence electrons. The third-order valence-electron chi connectivity index (χ3n) is 13.7. The van der Waals surface area contributed by atoms with E-state index in [2.05, 4.69) is 41.5 Å². The van der Waals surface area contributed by atoms with E-state index in [0.717, 1.165) is 115 Å². The van der Waals surface area contributed by atoms with Crippen LogP contribution in [-0.2, 0) is 65.4 Å². The Morgan fingerprint density at radius 1 is 0.342 bits per heavy atom. The molecule has 79 heavy (non-hydrogen) atoms. The molecule has 0 fully saturated rings. The highest BCUT2D eigenvalue weighted by Crippen LogP contribution is 2.45. The highest BCUT2D eigenvalue weighted by Gasteiger charge is 2.30. The normalized spacial score (nSPS) is 14.4. The van der Waals surface area contributed by atoms with E-state index in [-0.39, 0.29) is 25.7 Å². The smallest absolute Gasteiger partial charge is 0.462 e. The van der Waals surface area contributed by atoms with Gasteiger partial charge in [-0.25, -0.2) is 9.13 Å². The lowest BCUT2D eigenvalue weighted by Crippen LogP contribution is -2.30. The van der Waals surface area contributed by atoms with E-state index in [4.69, 9.17) is 37.0 Å². The SMILES string of the molecule is CCCCCCCCCCC(=O)O[C@H](COC(=O)CCCCCCC)COP(=O)(O)OC[C@H](O)COP(=O)(O)OC[C@@H](COC(=O)CCCCCCCCCCCC(C)C)OC(=O)CCCCCCCCCCCCCC(C)C. The molecule has 17 nitrogen and oxygen atoms in total. The molecule has 5 atom stereocenters. The first-order chi connectivity index (χ1) is 37.9. The van der Waals surface area contributed by atoms with Crippen LogP contribution in [0.2, 0.25) is 0 Å². The second kappa shape index (κ2) is 52.8. The van der Waals surface area contributed by atoms with Crippen LogP contribution in [-0.4, -0.2) is 96.7 Å². The number of aliphatic hydroxyl groups is 1. The summed E-state index contributed by atoms with van der Waals surface area (Å²) in [5.41, 5.74) is 0. The molecule has 0 heterocycles. The summed E-state index contributed by atoms with van der Waals surface area (Å²) in [7, 11) is -9.87. The maximum absolute atomic E-state index is 12.9. The third-order valence-corrected chi connectivity index (χ3v) is 15.6. The van der Waals surface area contributed by atoms with Gasteiger partial charge in [-0.3, -0.25) is 37.3 Å². The molecule has 0 saturated carbocycles. The van der Waals surface area contributed by atoms with Gasteiger partial charge in [0.1, 0.15) is 19.3 Å². The van der Waals surface area contributed by atoms with Crippen LogP contribution in [0, 0.1) is 11.8 Å². The molecule has 3 N–H and O–H groups in total. The highest BCUT2D eigenvalue weighted by atomic mass is 31.2. The number of phosphoric acid groups is 2. The number of hydrogen-bond donors (Lipinski definition) is 3. The third kappa shape index (κ3) is 55.0. The second-order valence-electron chi connectivity index (χ2n) is 22.7. The molecule has 0 amide bonds. The van der Waals surface area contributed by atoms with Gasteiger partial charge in [0.25, 0.3) is 0 Å². The molecule has 0 bridgehead atoms. The summed E-state index contributed by atoms with van der Waals surface area (Å²) in [6, 6.07) is 0. The van der Waals surface area contributed by atoms with Gasteiger partial charge in [0.15, 0.2) is 12.2 Å². The van der Waals surface area contributed by atoms with Crippen molar-refractivity contribution in [2.75, 3.05) is 39.6 Å². The van der Waals surface area contributed by atoms with Crippen molar-refractivity contribution < 1.29 is 80.2 Å². The predicted octanol–water partition coefficient (Wildman–Crippen LogP) is 16.1. The fourth-order valence-electron chi connectivity index (χ4n) is 8.82. The van der Waals surface area contributed by atoms with Crippen LogP contribution < -0.4 is 0 Å². The minimum atomic E-state index is -4.94. The fraction of sp³-hybridized carbons (Fsp3) is 0.933. The van der Waals surface area contributed by atoms with Crippen molar-refractivity contribution in [1.29, 1.82) is 0 Å². The number of carbonyl (C=O) groups is 4. The Morgan fingerprint density at radius 2 is 0.582 bits per heavy atom. The van der Waals surface area contributed by atoms with Crippen LogP contribution >= 0.6 is 15.6 Å². The van der Waals surface area contributed by atoms with Crippen molar-refractivity contribution in [3.63, 3.8) is 0 Å². The largest absolute Gasteiger partial charge is 0.472 e. The quantitative estimate of drug-likeness (QED) is 0.0222. The minimum absolute atomic E-state index is 0.104. The number of carbonyl (C=O) groups excluding carboxylic acids is 4. The van der Waals surface area contributed by atoms with Crippen LogP contribution in [0.3, 0.4) is 0 Å². The molecule has 2 unspecified atom stereocenters. The molecule has 0 aromatic heterocycles. The van der Waals surface area contributed by atoms with Gasteiger partial charge in [-0.15, -0.1) is 0 Å². The predicted molar refractivity (Wildman–Crippen MR) is 312 cm³/mol. The van der Waals surface area contributed by atoms with E-state index < -0.39 is 97.5 Å². The van der Waals surface area contributed by atoms with Crippen LogP contribution in [0.4, 0.5) is 0 Å². The lowest BCUT2D eigenvalue weighted by molar-refractivity contribution is -0.161. The molecule has 0 rings (SSSR count). The zero-order valence-electron chi connectivity index (χ0n) is 50.7. The van der Waals surface area contributed by atoms with Crippen LogP contribution in [0.5, 0.6) is 0 Å². The highest BCUT2D eigenvalue weighted by molar-refractivity contribution is 7.47. The van der Waals surface area contributed by atoms with Gasteiger partial charge in [-0.1, -0.05) is 241 Å². The van der Waals surface area contributed by atoms with Gasteiger partial charge in [0, 0.05) is 25.7 Å². The number of unbranched alkanes of at least 4 members (excludes halogenated alkanes) is 29. The number of hydrogen-bond acceptors (Lipinski definition) is 15. The molecule has 19 heteroatoms. The molecule has 0 aliphatic heterocycles. The molecule has 0 aromatic rings. The Kier molecular flexibility index (Phi) is 51.5. The summed E-state index contributed by atoms with van der Waals surface area (Å²) in [6.07, 6.45) is 33.9. The van der Waals surface area contributed by atoms with Crippen molar-refractivity contribution in [2.45, 2.75) is 310 Å². The van der Waals surface area contributed by atoms with Gasteiger partial charge in [0.05, 0.1) is 26.4 Å². The number of phosphoric ester groups is 2. The number of ether oxygens (including phenoxy) is 4. The molecular formula is C60H116O17P2. The van der Waals surface area contributed by atoms with Gasteiger partial charge in [-0.2, -0.15) is 0 Å². The topological polar surface area (TPSA) is 237 Å². The molecule has 0 aliphatic carbocycles. The maximum atomic E-state index is 12.9. The van der Waals surface area contributed by atoms with Crippen molar-refractivity contribution in [3.8, 4) is 0 Å². The first kappa shape index (κ1) is 77.1. The average Bonchev–Trinajstić information content (AvgIpc) is 3.40. The zero-order valence-corrected chi connectivity index (χ0v) is 52.4. The van der Waals surface area contributed by atoms with E-state index in [1.54, 1.807) is 0 Å². The van der Waals surface area contributed by atoms with Gasteiger partial charge in [-0.05, 0) is 37.5 Å². The first-order valence-electron chi connectivity index (χ1n) is 31.5. The Hall–Kier alpha value is -1.94. The molecule has 0 aromatic carbocycles. The first-order valence-corrected chi connectivity index (χ1v) is 34.5. The fourth-order valence-corrected chi connectivity index (χ4v) is 10.4. The maximum Gasteiger partial charge on any atom is 0.472 e. The summed E-state index contributed by atoms with van der Waals surface area (Å²) in [5.74, 6) is -0.643. The number of esters is 4. The lowest BCUT2D eigenvalue weighted by Gasteiger charge is -2.21. The Balaban J connectivity index is 5.18. The van der Waals surface area contributed by atoms with Crippen molar-refractivity contribution in [3.05, 3.63) is 0 Å². The number of aliphatic hydroxyl groups excluding tert-OH is 1. The van der Waals surface area contributed by atoms with Crippen molar-refractivity contribution >= 4 is 39.5 Å². The molecule has 0 radical (unpaired) electrons. The summed E-state index contributed by atoms with van der Waals surface area (Å²) in [5, 5.41) is 10.5. The van der Waals surface area contributed by atoms with E-state index in [1.165, 1.54) is 96.3 Å². The molecular weight excluding hydrogens is 1050 g/mol. The second-order valence-corrected chi connectivity index (χ2v) is 25.6. The average molecular weight is 1170 g/mol. The van der Waals surface area contributed by atoms with Crippen LogP contribution in [0.15, 0.2) is 0 Å². The molecule has 0 aliphatic rings. The van der Waals surface area contributed by atoms with Crippen molar-refractivity contribution in [2.24, 2.45) is 11.8 Å². The summed E-state index contributed by atoms with van der Waals surface area (Å²) < 4.78 is 67.6. The Bertz CT molecular complexity index is 1560. The summed E-state index contributed by atoms with van der Waals surface area (Å²) in [4.78, 5) is 71.7.